The molecule has 0 spiro atoms. The van der Waals surface area contributed by atoms with Crippen molar-refractivity contribution < 1.29 is 14.2 Å². The van der Waals surface area contributed by atoms with Gasteiger partial charge in [0.2, 0.25) is 0 Å². The van der Waals surface area contributed by atoms with Crippen molar-refractivity contribution >= 4 is 15.9 Å². The molecule has 16 heavy (non-hydrogen) atoms. The van der Waals surface area contributed by atoms with Gasteiger partial charge in [-0.05, 0) is 40.4 Å². The van der Waals surface area contributed by atoms with Gasteiger partial charge in [0.1, 0.15) is 5.82 Å². The Hall–Kier alpha value is -0.450. The molecular weight excluding hydrogens is 275 g/mol. The van der Waals surface area contributed by atoms with E-state index in [4.69, 9.17) is 4.74 Å². The maximum atomic E-state index is 13.2. The second kappa shape index (κ2) is 5.25. The third-order valence-electron chi connectivity index (χ3n) is 2.85. The number of hydrogen-bond donors (Lipinski definition) is 1. The minimum Gasteiger partial charge on any atom is -0.390 e. The second-order valence-corrected chi connectivity index (χ2v) is 4.83. The SMILES string of the molecule is OC(Cc1cccc(F)c1Br)C1CCCO1. The Kier molecular flexibility index (Phi) is 3.95. The van der Waals surface area contributed by atoms with Gasteiger partial charge in [0.25, 0.3) is 0 Å². The number of aliphatic hydroxyl groups excluding tert-OH is 1. The molecule has 0 aliphatic carbocycles. The smallest absolute Gasteiger partial charge is 0.137 e. The van der Waals surface area contributed by atoms with Crippen LogP contribution in [-0.2, 0) is 11.2 Å². The lowest BCUT2D eigenvalue weighted by Gasteiger charge is -2.18. The molecule has 2 atom stereocenters. The van der Waals surface area contributed by atoms with Crippen LogP contribution in [0, 0.1) is 5.82 Å². The third kappa shape index (κ3) is 2.62. The lowest BCUT2D eigenvalue weighted by molar-refractivity contribution is -0.000875. The summed E-state index contributed by atoms with van der Waals surface area (Å²) in [6.45, 7) is 0.714. The highest BCUT2D eigenvalue weighted by atomic mass is 79.9. The van der Waals surface area contributed by atoms with Crippen molar-refractivity contribution in [2.45, 2.75) is 31.5 Å². The zero-order valence-corrected chi connectivity index (χ0v) is 10.4. The van der Waals surface area contributed by atoms with Crippen molar-refractivity contribution in [1.29, 1.82) is 0 Å². The quantitative estimate of drug-likeness (QED) is 0.927. The van der Waals surface area contributed by atoms with E-state index in [-0.39, 0.29) is 11.9 Å². The Balaban J connectivity index is 2.05. The fourth-order valence-electron chi connectivity index (χ4n) is 1.97. The summed E-state index contributed by atoms with van der Waals surface area (Å²) in [5.41, 5.74) is 0.781. The van der Waals surface area contributed by atoms with E-state index in [9.17, 15) is 9.50 Å². The maximum Gasteiger partial charge on any atom is 0.137 e. The average Bonchev–Trinajstić information content (AvgIpc) is 2.78. The predicted octanol–water partition coefficient (Wildman–Crippen LogP) is 2.67. The molecule has 2 rings (SSSR count). The first-order valence-electron chi connectivity index (χ1n) is 5.41. The molecule has 1 fully saturated rings. The molecule has 88 valence electrons. The largest absolute Gasteiger partial charge is 0.390 e. The monoisotopic (exact) mass is 288 g/mol. The molecule has 0 aromatic heterocycles. The highest BCUT2D eigenvalue weighted by molar-refractivity contribution is 9.10. The molecule has 0 amide bonds. The van der Waals surface area contributed by atoms with Crippen LogP contribution in [0.4, 0.5) is 4.39 Å². The average molecular weight is 289 g/mol. The Labute approximate surface area is 103 Å². The Morgan fingerprint density at radius 2 is 2.38 bits per heavy atom. The highest BCUT2D eigenvalue weighted by Gasteiger charge is 2.24. The number of rotatable bonds is 3. The van der Waals surface area contributed by atoms with Gasteiger partial charge in [-0.1, -0.05) is 12.1 Å². The number of aliphatic hydroxyl groups is 1. The van der Waals surface area contributed by atoms with Crippen LogP contribution in [0.3, 0.4) is 0 Å². The van der Waals surface area contributed by atoms with Gasteiger partial charge in [-0.3, -0.25) is 0 Å². The minimum atomic E-state index is -0.555. The first-order valence-corrected chi connectivity index (χ1v) is 6.20. The number of halogens is 2. The molecular formula is C12H14BrFO2. The summed E-state index contributed by atoms with van der Waals surface area (Å²) in [5, 5.41) is 9.95. The molecule has 1 aliphatic heterocycles. The molecule has 1 aliphatic rings. The second-order valence-electron chi connectivity index (χ2n) is 4.04. The van der Waals surface area contributed by atoms with Crippen molar-refractivity contribution in [2.75, 3.05) is 6.61 Å². The van der Waals surface area contributed by atoms with Gasteiger partial charge in [0.15, 0.2) is 0 Å². The van der Waals surface area contributed by atoms with Crippen LogP contribution in [0.5, 0.6) is 0 Å². The summed E-state index contributed by atoms with van der Waals surface area (Å²) in [6.07, 6.45) is 1.64. The van der Waals surface area contributed by atoms with E-state index in [1.54, 1.807) is 6.07 Å². The lowest BCUT2D eigenvalue weighted by atomic mass is 10.0. The van der Waals surface area contributed by atoms with Gasteiger partial charge in [-0.2, -0.15) is 0 Å². The molecule has 0 radical (unpaired) electrons. The van der Waals surface area contributed by atoms with Crippen LogP contribution in [0.15, 0.2) is 22.7 Å². The Morgan fingerprint density at radius 3 is 3.06 bits per heavy atom. The number of ether oxygens (including phenoxy) is 1. The van der Waals surface area contributed by atoms with Crippen molar-refractivity contribution in [3.8, 4) is 0 Å². The summed E-state index contributed by atoms with van der Waals surface area (Å²) in [5.74, 6) is -0.294. The minimum absolute atomic E-state index is 0.102. The first kappa shape index (κ1) is 12.0. The summed E-state index contributed by atoms with van der Waals surface area (Å²) >= 11 is 3.19. The standard InChI is InChI=1S/C12H14BrFO2/c13-12-8(3-1-4-9(12)14)7-10(15)11-5-2-6-16-11/h1,3-4,10-11,15H,2,5-7H2. The van der Waals surface area contributed by atoms with Gasteiger partial charge >= 0.3 is 0 Å². The molecule has 4 heteroatoms. The van der Waals surface area contributed by atoms with Gasteiger partial charge in [-0.15, -0.1) is 0 Å². The molecule has 1 aromatic rings. The van der Waals surface area contributed by atoms with E-state index in [1.807, 2.05) is 6.07 Å². The van der Waals surface area contributed by atoms with E-state index in [2.05, 4.69) is 15.9 Å². The van der Waals surface area contributed by atoms with Crippen LogP contribution in [0.2, 0.25) is 0 Å². The van der Waals surface area contributed by atoms with Gasteiger partial charge in [0, 0.05) is 13.0 Å². The topological polar surface area (TPSA) is 29.5 Å². The van der Waals surface area contributed by atoms with Crippen molar-refractivity contribution in [3.05, 3.63) is 34.1 Å². The summed E-state index contributed by atoms with van der Waals surface area (Å²) < 4.78 is 19.1. The molecule has 1 saturated heterocycles. The van der Waals surface area contributed by atoms with Crippen molar-refractivity contribution in [1.82, 2.24) is 0 Å². The van der Waals surface area contributed by atoms with Crippen LogP contribution in [-0.4, -0.2) is 23.9 Å². The number of benzene rings is 1. The van der Waals surface area contributed by atoms with E-state index in [0.717, 1.165) is 18.4 Å². The molecule has 0 saturated carbocycles. The first-order chi connectivity index (χ1) is 7.68. The molecule has 0 bridgehead atoms. The van der Waals surface area contributed by atoms with Crippen LogP contribution in [0.1, 0.15) is 18.4 Å². The molecule has 1 heterocycles. The lowest BCUT2D eigenvalue weighted by Crippen LogP contribution is -2.27. The van der Waals surface area contributed by atoms with E-state index in [0.29, 0.717) is 17.5 Å². The Morgan fingerprint density at radius 1 is 1.56 bits per heavy atom. The predicted molar refractivity (Wildman–Crippen MR) is 62.8 cm³/mol. The maximum absolute atomic E-state index is 13.2. The number of hydrogen-bond acceptors (Lipinski definition) is 2. The van der Waals surface area contributed by atoms with Gasteiger partial charge in [-0.25, -0.2) is 4.39 Å². The molecule has 2 nitrogen and oxygen atoms in total. The fourth-order valence-corrected chi connectivity index (χ4v) is 2.40. The summed E-state index contributed by atoms with van der Waals surface area (Å²) in [4.78, 5) is 0. The summed E-state index contributed by atoms with van der Waals surface area (Å²) in [6, 6.07) is 4.86. The van der Waals surface area contributed by atoms with Gasteiger partial charge in [0.05, 0.1) is 16.7 Å². The molecule has 2 unspecified atom stereocenters. The zero-order valence-electron chi connectivity index (χ0n) is 8.83. The van der Waals surface area contributed by atoms with Gasteiger partial charge < -0.3 is 9.84 Å². The normalized spacial score (nSPS) is 22.3. The fraction of sp³-hybridized carbons (Fsp3) is 0.500. The van der Waals surface area contributed by atoms with E-state index in [1.165, 1.54) is 6.07 Å². The highest BCUT2D eigenvalue weighted by Crippen LogP contribution is 2.24. The summed E-state index contributed by atoms with van der Waals surface area (Å²) in [7, 11) is 0. The van der Waals surface area contributed by atoms with Crippen LogP contribution < -0.4 is 0 Å². The van der Waals surface area contributed by atoms with Crippen molar-refractivity contribution in [3.63, 3.8) is 0 Å². The van der Waals surface area contributed by atoms with Crippen LogP contribution >= 0.6 is 15.9 Å². The molecule has 1 aromatic carbocycles. The third-order valence-corrected chi connectivity index (χ3v) is 3.74. The zero-order chi connectivity index (χ0) is 11.5. The molecule has 1 N–H and O–H groups in total. The Bertz CT molecular complexity index is 364. The van der Waals surface area contributed by atoms with Crippen LogP contribution in [0.25, 0.3) is 0 Å². The van der Waals surface area contributed by atoms with Crippen molar-refractivity contribution in [2.24, 2.45) is 0 Å². The van der Waals surface area contributed by atoms with E-state index >= 15 is 0 Å². The van der Waals surface area contributed by atoms with E-state index < -0.39 is 6.10 Å².